The molecule has 1 aromatic rings. The summed E-state index contributed by atoms with van der Waals surface area (Å²) >= 11 is 0. The van der Waals surface area contributed by atoms with Crippen LogP contribution >= 0.6 is 0 Å². The van der Waals surface area contributed by atoms with Crippen molar-refractivity contribution in [2.24, 2.45) is 0 Å². The molecule has 1 amide bonds. The molecule has 0 bridgehead atoms. The van der Waals surface area contributed by atoms with E-state index in [-0.39, 0.29) is 12.5 Å². The first-order valence-corrected chi connectivity index (χ1v) is 7.14. The van der Waals surface area contributed by atoms with Gasteiger partial charge in [-0.05, 0) is 31.0 Å². The van der Waals surface area contributed by atoms with Gasteiger partial charge in [0.15, 0.2) is 0 Å². The number of hydrogen-bond donors (Lipinski definition) is 2. The second-order valence-electron chi connectivity index (χ2n) is 5.35. The molecule has 1 aliphatic rings. The highest BCUT2D eigenvalue weighted by Gasteiger charge is 2.33. The minimum Gasteiger partial charge on any atom is -0.376 e. The minimum absolute atomic E-state index is 0.0955. The van der Waals surface area contributed by atoms with E-state index in [0.29, 0.717) is 5.56 Å². The van der Waals surface area contributed by atoms with E-state index in [1.807, 2.05) is 0 Å². The maximum atomic E-state index is 12.0. The number of nitrogens with one attached hydrogen (secondary N) is 2. The van der Waals surface area contributed by atoms with Crippen LogP contribution in [0.25, 0.3) is 0 Å². The first-order valence-electron chi connectivity index (χ1n) is 7.14. The topological polar surface area (TPSA) is 88.7 Å². The Bertz CT molecular complexity index is 591. The van der Waals surface area contributed by atoms with Crippen molar-refractivity contribution in [2.75, 3.05) is 11.9 Å². The molecule has 0 atom stereocenters. The summed E-state index contributed by atoms with van der Waals surface area (Å²) < 4.78 is 0. The summed E-state index contributed by atoms with van der Waals surface area (Å²) in [4.78, 5) is 12.0. The molecule has 0 heterocycles. The molecule has 108 valence electrons. The predicted octanol–water partition coefficient (Wildman–Crippen LogP) is 2.31. The van der Waals surface area contributed by atoms with Gasteiger partial charge in [-0.25, -0.2) is 0 Å². The number of amides is 1. The van der Waals surface area contributed by atoms with E-state index in [4.69, 9.17) is 5.26 Å². The number of carbonyl (C=O) groups excluding carboxylic acids is 1. The summed E-state index contributed by atoms with van der Waals surface area (Å²) in [7, 11) is 0. The third kappa shape index (κ3) is 3.97. The largest absolute Gasteiger partial charge is 0.376 e. The molecule has 21 heavy (non-hydrogen) atoms. The zero-order valence-electron chi connectivity index (χ0n) is 11.9. The van der Waals surface area contributed by atoms with Crippen molar-refractivity contribution in [3.63, 3.8) is 0 Å². The van der Waals surface area contributed by atoms with Crippen LogP contribution in [-0.4, -0.2) is 18.0 Å². The average molecular weight is 282 g/mol. The smallest absolute Gasteiger partial charge is 0.240 e. The van der Waals surface area contributed by atoms with Crippen LogP contribution in [0.1, 0.15) is 37.7 Å². The SMILES string of the molecule is N#Cc1cccc(NCC(=O)NC2(C#N)CCCCC2)c1. The summed E-state index contributed by atoms with van der Waals surface area (Å²) in [5, 5.41) is 24.0. The van der Waals surface area contributed by atoms with Crippen molar-refractivity contribution in [2.45, 2.75) is 37.6 Å². The summed E-state index contributed by atoms with van der Waals surface area (Å²) in [6.07, 6.45) is 4.52. The lowest BCUT2D eigenvalue weighted by Gasteiger charge is -2.31. The number of hydrogen-bond acceptors (Lipinski definition) is 4. The second kappa shape index (κ2) is 6.76. The summed E-state index contributed by atoms with van der Waals surface area (Å²) in [6, 6.07) is 11.3. The van der Waals surface area contributed by atoms with Crippen molar-refractivity contribution in [3.8, 4) is 12.1 Å². The van der Waals surface area contributed by atoms with Gasteiger partial charge in [-0.3, -0.25) is 4.79 Å². The van der Waals surface area contributed by atoms with Gasteiger partial charge in [0.2, 0.25) is 5.91 Å². The molecule has 0 saturated heterocycles. The highest BCUT2D eigenvalue weighted by molar-refractivity contribution is 5.82. The number of benzene rings is 1. The molecule has 2 rings (SSSR count). The van der Waals surface area contributed by atoms with E-state index in [0.717, 1.165) is 37.8 Å². The second-order valence-corrected chi connectivity index (χ2v) is 5.35. The fraction of sp³-hybridized carbons (Fsp3) is 0.438. The fourth-order valence-corrected chi connectivity index (χ4v) is 2.61. The number of rotatable bonds is 4. The van der Waals surface area contributed by atoms with Gasteiger partial charge in [0.05, 0.1) is 24.2 Å². The Balaban J connectivity index is 1.90. The molecule has 1 saturated carbocycles. The third-order valence-electron chi connectivity index (χ3n) is 3.74. The molecule has 0 spiro atoms. The van der Waals surface area contributed by atoms with E-state index in [1.165, 1.54) is 0 Å². The van der Waals surface area contributed by atoms with Crippen molar-refractivity contribution in [3.05, 3.63) is 29.8 Å². The standard InChI is InChI=1S/C16H18N4O/c17-10-13-5-4-6-14(9-13)19-11-15(21)20-16(12-18)7-2-1-3-8-16/h4-6,9,19H,1-3,7-8,11H2,(H,20,21). The van der Waals surface area contributed by atoms with Gasteiger partial charge in [0.1, 0.15) is 5.54 Å². The Kier molecular flexibility index (Phi) is 4.79. The van der Waals surface area contributed by atoms with Crippen LogP contribution in [-0.2, 0) is 4.79 Å². The van der Waals surface area contributed by atoms with E-state index < -0.39 is 5.54 Å². The molecule has 5 heteroatoms. The highest BCUT2D eigenvalue weighted by Crippen LogP contribution is 2.27. The Hall–Kier alpha value is -2.53. The van der Waals surface area contributed by atoms with Gasteiger partial charge in [0.25, 0.3) is 0 Å². The van der Waals surface area contributed by atoms with Gasteiger partial charge >= 0.3 is 0 Å². The Morgan fingerprint density at radius 1 is 1.24 bits per heavy atom. The van der Waals surface area contributed by atoms with Crippen LogP contribution in [0.5, 0.6) is 0 Å². The molecule has 1 fully saturated rings. The zero-order valence-corrected chi connectivity index (χ0v) is 11.9. The maximum absolute atomic E-state index is 12.0. The summed E-state index contributed by atoms with van der Waals surface area (Å²) in [5.41, 5.74) is 0.561. The third-order valence-corrected chi connectivity index (χ3v) is 3.74. The zero-order chi connectivity index (χ0) is 15.1. The fourth-order valence-electron chi connectivity index (χ4n) is 2.61. The lowest BCUT2D eigenvalue weighted by molar-refractivity contribution is -0.121. The van der Waals surface area contributed by atoms with Gasteiger partial charge in [-0.1, -0.05) is 25.3 Å². The van der Waals surface area contributed by atoms with E-state index in [2.05, 4.69) is 22.8 Å². The van der Waals surface area contributed by atoms with Crippen LogP contribution < -0.4 is 10.6 Å². The van der Waals surface area contributed by atoms with Crippen LogP contribution in [0.3, 0.4) is 0 Å². The first kappa shape index (κ1) is 14.9. The van der Waals surface area contributed by atoms with Gasteiger partial charge in [-0.15, -0.1) is 0 Å². The predicted molar refractivity (Wildman–Crippen MR) is 79.2 cm³/mol. The molecule has 0 radical (unpaired) electrons. The molecular weight excluding hydrogens is 264 g/mol. The first-order chi connectivity index (χ1) is 10.2. The van der Waals surface area contributed by atoms with Crippen molar-refractivity contribution >= 4 is 11.6 Å². The van der Waals surface area contributed by atoms with Gasteiger partial charge < -0.3 is 10.6 Å². The molecular formula is C16H18N4O. The number of nitriles is 2. The van der Waals surface area contributed by atoms with Crippen LogP contribution in [0.15, 0.2) is 24.3 Å². The van der Waals surface area contributed by atoms with Crippen molar-refractivity contribution in [1.82, 2.24) is 5.32 Å². The normalized spacial score (nSPS) is 16.3. The Morgan fingerprint density at radius 3 is 2.67 bits per heavy atom. The quantitative estimate of drug-likeness (QED) is 0.887. The van der Waals surface area contributed by atoms with Gasteiger partial charge in [0, 0.05) is 5.69 Å². The monoisotopic (exact) mass is 282 g/mol. The molecule has 2 N–H and O–H groups in total. The molecule has 0 unspecified atom stereocenters. The molecule has 1 aliphatic carbocycles. The molecule has 0 aliphatic heterocycles. The summed E-state index contributed by atoms with van der Waals surface area (Å²) in [6.45, 7) is 0.0955. The average Bonchev–Trinajstić information content (AvgIpc) is 2.54. The number of nitrogens with zero attached hydrogens (tertiary/aromatic N) is 2. The minimum atomic E-state index is -0.703. The Labute approximate surface area is 124 Å². The van der Waals surface area contributed by atoms with Crippen LogP contribution in [0, 0.1) is 22.7 Å². The maximum Gasteiger partial charge on any atom is 0.240 e. The van der Waals surface area contributed by atoms with E-state index in [1.54, 1.807) is 24.3 Å². The summed E-state index contributed by atoms with van der Waals surface area (Å²) in [5.74, 6) is -0.194. The van der Waals surface area contributed by atoms with Gasteiger partial charge in [-0.2, -0.15) is 10.5 Å². The van der Waals surface area contributed by atoms with Crippen LogP contribution in [0.4, 0.5) is 5.69 Å². The Morgan fingerprint density at radius 2 is 2.00 bits per heavy atom. The number of anilines is 1. The molecule has 5 nitrogen and oxygen atoms in total. The number of carbonyl (C=O) groups is 1. The lowest BCUT2D eigenvalue weighted by Crippen LogP contribution is -2.50. The molecule has 0 aromatic heterocycles. The molecule has 1 aromatic carbocycles. The van der Waals surface area contributed by atoms with Crippen LogP contribution in [0.2, 0.25) is 0 Å². The lowest BCUT2D eigenvalue weighted by atomic mass is 9.83. The van der Waals surface area contributed by atoms with Crippen molar-refractivity contribution in [1.29, 1.82) is 10.5 Å². The van der Waals surface area contributed by atoms with E-state index >= 15 is 0 Å². The van der Waals surface area contributed by atoms with E-state index in [9.17, 15) is 10.1 Å². The highest BCUT2D eigenvalue weighted by atomic mass is 16.2. The van der Waals surface area contributed by atoms with Crippen molar-refractivity contribution < 1.29 is 4.79 Å².